The summed E-state index contributed by atoms with van der Waals surface area (Å²) in [4.78, 5) is 0. The first-order valence-corrected chi connectivity index (χ1v) is 7.64. The summed E-state index contributed by atoms with van der Waals surface area (Å²) in [6.07, 6.45) is 5.63. The molecule has 0 aromatic heterocycles. The number of hydrogen-bond donors (Lipinski definition) is 2. The summed E-state index contributed by atoms with van der Waals surface area (Å²) in [5.74, 6) is 0.505. The normalized spacial score (nSPS) is 31.5. The molecule has 0 bridgehead atoms. The molecule has 0 spiro atoms. The molecule has 2 N–H and O–H groups in total. The van der Waals surface area contributed by atoms with Gasteiger partial charge < -0.3 is 29.2 Å². The van der Waals surface area contributed by atoms with Gasteiger partial charge in [-0.3, -0.25) is 0 Å². The van der Waals surface area contributed by atoms with Crippen LogP contribution in [0.5, 0.6) is 0 Å². The molecule has 128 valence electrons. The van der Waals surface area contributed by atoms with Gasteiger partial charge >= 0.3 is 0 Å². The Hall–Kier alpha value is -0.760. The van der Waals surface area contributed by atoms with E-state index in [9.17, 15) is 0 Å². The van der Waals surface area contributed by atoms with E-state index < -0.39 is 0 Å². The molecule has 2 aliphatic rings. The van der Waals surface area contributed by atoms with Crippen LogP contribution in [0.3, 0.4) is 0 Å². The molecule has 0 amide bonds. The molecular weight excluding hydrogens is 288 g/mol. The predicted octanol–water partition coefficient (Wildman–Crippen LogP) is 1.23. The van der Waals surface area contributed by atoms with Crippen LogP contribution >= 0.6 is 0 Å². The zero-order valence-electron chi connectivity index (χ0n) is 13.4. The third kappa shape index (κ3) is 7.49. The lowest BCUT2D eigenvalue weighted by Gasteiger charge is -2.05. The van der Waals surface area contributed by atoms with E-state index >= 15 is 0 Å². The van der Waals surface area contributed by atoms with Gasteiger partial charge in [0, 0.05) is 6.42 Å². The van der Waals surface area contributed by atoms with Crippen LogP contribution in [-0.4, -0.2) is 61.4 Å². The molecule has 0 aromatic carbocycles. The highest BCUT2D eigenvalue weighted by molar-refractivity contribution is 4.89. The Morgan fingerprint density at radius 1 is 1.09 bits per heavy atom. The Morgan fingerprint density at radius 3 is 2.23 bits per heavy atom. The summed E-state index contributed by atoms with van der Waals surface area (Å²) < 4.78 is 20.9. The van der Waals surface area contributed by atoms with Gasteiger partial charge in [-0.15, -0.1) is 6.58 Å². The number of rotatable bonds is 6. The smallest absolute Gasteiger partial charge is 0.177 e. The second-order valence-corrected chi connectivity index (χ2v) is 5.50. The largest absolute Gasteiger partial charge is 0.394 e. The van der Waals surface area contributed by atoms with E-state index in [4.69, 9.17) is 29.2 Å². The monoisotopic (exact) mass is 316 g/mol. The molecule has 0 saturated carbocycles. The van der Waals surface area contributed by atoms with Crippen molar-refractivity contribution in [1.82, 2.24) is 0 Å². The predicted molar refractivity (Wildman–Crippen MR) is 82.2 cm³/mol. The van der Waals surface area contributed by atoms with Crippen LogP contribution in [0.2, 0.25) is 0 Å². The number of ether oxygens (including phenoxy) is 4. The molecule has 0 aliphatic carbocycles. The molecular formula is C16H28O6. The fourth-order valence-corrected chi connectivity index (χ4v) is 1.84. The molecule has 4 unspecified atom stereocenters. The van der Waals surface area contributed by atoms with Crippen molar-refractivity contribution >= 4 is 0 Å². The van der Waals surface area contributed by atoms with Crippen LogP contribution in [0.1, 0.15) is 20.3 Å². The van der Waals surface area contributed by atoms with Gasteiger partial charge in [-0.05, 0) is 12.0 Å². The van der Waals surface area contributed by atoms with Gasteiger partial charge in [-0.1, -0.05) is 26.0 Å². The molecule has 2 fully saturated rings. The van der Waals surface area contributed by atoms with E-state index in [1.807, 2.05) is 12.2 Å². The Bertz CT molecular complexity index is 331. The lowest BCUT2D eigenvalue weighted by molar-refractivity contribution is -0.0615. The van der Waals surface area contributed by atoms with E-state index in [0.29, 0.717) is 25.6 Å². The number of hydrogen-bond acceptors (Lipinski definition) is 6. The van der Waals surface area contributed by atoms with Gasteiger partial charge in [0.2, 0.25) is 0 Å². The van der Waals surface area contributed by atoms with Crippen molar-refractivity contribution in [1.29, 1.82) is 0 Å². The summed E-state index contributed by atoms with van der Waals surface area (Å²) in [5, 5.41) is 17.4. The highest BCUT2D eigenvalue weighted by Gasteiger charge is 2.24. The maximum atomic E-state index is 8.73. The Morgan fingerprint density at radius 2 is 1.73 bits per heavy atom. The third-order valence-corrected chi connectivity index (χ3v) is 3.00. The van der Waals surface area contributed by atoms with E-state index in [1.165, 1.54) is 0 Å². The molecule has 2 saturated heterocycles. The molecule has 2 heterocycles. The summed E-state index contributed by atoms with van der Waals surface area (Å²) in [5.41, 5.74) is 0. The molecule has 6 nitrogen and oxygen atoms in total. The van der Waals surface area contributed by atoms with E-state index in [1.54, 1.807) is 6.08 Å². The fraction of sp³-hybridized carbons (Fsp3) is 0.750. The first kappa shape index (κ1) is 19.3. The number of allylic oxidation sites excluding steroid dienone is 1. The molecule has 2 rings (SSSR count). The molecule has 22 heavy (non-hydrogen) atoms. The van der Waals surface area contributed by atoms with Crippen LogP contribution in [0.15, 0.2) is 24.8 Å². The molecule has 0 radical (unpaired) electrons. The zero-order valence-corrected chi connectivity index (χ0v) is 13.4. The van der Waals surface area contributed by atoms with Crippen molar-refractivity contribution in [2.75, 3.05) is 26.4 Å². The number of aliphatic hydroxyl groups is 2. The summed E-state index contributed by atoms with van der Waals surface area (Å²) >= 11 is 0. The van der Waals surface area contributed by atoms with E-state index in [-0.39, 0.29) is 38.0 Å². The first-order chi connectivity index (χ1) is 10.6. The number of aliphatic hydroxyl groups excluding tert-OH is 2. The summed E-state index contributed by atoms with van der Waals surface area (Å²) in [6.45, 7) is 8.79. The minimum absolute atomic E-state index is 0.0337. The van der Waals surface area contributed by atoms with Gasteiger partial charge in [0.1, 0.15) is 12.2 Å². The van der Waals surface area contributed by atoms with Gasteiger partial charge in [0.05, 0.1) is 26.4 Å². The third-order valence-electron chi connectivity index (χ3n) is 3.00. The lowest BCUT2D eigenvalue weighted by Crippen LogP contribution is -2.15. The Kier molecular flexibility index (Phi) is 9.54. The van der Waals surface area contributed by atoms with Crippen molar-refractivity contribution in [2.45, 2.75) is 45.1 Å². The summed E-state index contributed by atoms with van der Waals surface area (Å²) in [6, 6.07) is 0. The maximum Gasteiger partial charge on any atom is 0.177 e. The average molecular weight is 316 g/mol. The van der Waals surface area contributed by atoms with Gasteiger partial charge in [-0.25, -0.2) is 0 Å². The highest BCUT2D eigenvalue weighted by Crippen LogP contribution is 2.14. The van der Waals surface area contributed by atoms with Crippen molar-refractivity contribution < 1.29 is 29.2 Å². The second-order valence-electron chi connectivity index (χ2n) is 5.50. The maximum absolute atomic E-state index is 8.73. The van der Waals surface area contributed by atoms with Crippen molar-refractivity contribution in [3.63, 3.8) is 0 Å². The zero-order chi connectivity index (χ0) is 16.4. The van der Waals surface area contributed by atoms with E-state index in [2.05, 4.69) is 20.4 Å². The molecule has 0 aromatic rings. The summed E-state index contributed by atoms with van der Waals surface area (Å²) in [7, 11) is 0. The Labute approximate surface area is 132 Å². The van der Waals surface area contributed by atoms with Gasteiger partial charge in [0.15, 0.2) is 12.6 Å². The SMILES string of the molecule is C=CCC1OCC(CO)O1.CC(C)C=CC1OCC(CO)O1. The van der Waals surface area contributed by atoms with Crippen molar-refractivity contribution in [2.24, 2.45) is 5.92 Å². The minimum Gasteiger partial charge on any atom is -0.394 e. The van der Waals surface area contributed by atoms with Crippen molar-refractivity contribution in [3.05, 3.63) is 24.8 Å². The van der Waals surface area contributed by atoms with Crippen LogP contribution in [0, 0.1) is 5.92 Å². The van der Waals surface area contributed by atoms with Crippen LogP contribution < -0.4 is 0 Å². The van der Waals surface area contributed by atoms with Crippen LogP contribution in [0.4, 0.5) is 0 Å². The fourth-order valence-electron chi connectivity index (χ4n) is 1.84. The quantitative estimate of drug-likeness (QED) is 0.718. The van der Waals surface area contributed by atoms with Crippen LogP contribution in [-0.2, 0) is 18.9 Å². The van der Waals surface area contributed by atoms with Gasteiger partial charge in [0.25, 0.3) is 0 Å². The first-order valence-electron chi connectivity index (χ1n) is 7.64. The minimum atomic E-state index is -0.260. The molecule has 4 atom stereocenters. The molecule has 6 heteroatoms. The van der Waals surface area contributed by atoms with E-state index in [0.717, 1.165) is 0 Å². The average Bonchev–Trinajstić information content (AvgIpc) is 3.15. The lowest BCUT2D eigenvalue weighted by atomic mass is 10.2. The highest BCUT2D eigenvalue weighted by atomic mass is 16.7. The van der Waals surface area contributed by atoms with Crippen LogP contribution in [0.25, 0.3) is 0 Å². The Balaban J connectivity index is 0.000000224. The van der Waals surface area contributed by atoms with Gasteiger partial charge in [-0.2, -0.15) is 0 Å². The molecule has 2 aliphatic heterocycles. The topological polar surface area (TPSA) is 77.4 Å². The standard InChI is InChI=1S/C9H16O3.C7H12O3/c1-7(2)3-4-9-11-6-8(5-10)12-9;1-2-3-7-9-5-6(4-8)10-7/h3-4,7-10H,5-6H2,1-2H3;2,6-8H,1,3-5H2. The van der Waals surface area contributed by atoms with Crippen molar-refractivity contribution in [3.8, 4) is 0 Å². The second kappa shape index (κ2) is 10.9.